The lowest BCUT2D eigenvalue weighted by molar-refractivity contribution is 0.261. The van der Waals surface area contributed by atoms with Crippen LogP contribution in [-0.4, -0.2) is 24.8 Å². The number of nitrogens with zero attached hydrogens (tertiary/aromatic N) is 1. The Morgan fingerprint density at radius 1 is 1.13 bits per heavy atom. The molecule has 8 heteroatoms. The molecule has 0 radical (unpaired) electrons. The zero-order valence-corrected chi connectivity index (χ0v) is 16.0. The Labute approximate surface area is 171 Å². The molecule has 0 aromatic heterocycles. The van der Waals surface area contributed by atoms with Gasteiger partial charge < -0.3 is 30.4 Å². The molecule has 0 saturated carbocycles. The molecule has 0 amide bonds. The van der Waals surface area contributed by atoms with Gasteiger partial charge in [0.05, 0.1) is 7.11 Å². The summed E-state index contributed by atoms with van der Waals surface area (Å²) in [4.78, 5) is 4.49. The predicted molar refractivity (Wildman–Crippen MR) is 109 cm³/mol. The first-order valence-corrected chi connectivity index (χ1v) is 9.23. The molecule has 7 nitrogen and oxygen atoms in total. The Bertz CT molecular complexity index is 1200. The standard InChI is InChI=1S/C22H18FN3O4/c1-28-15-4-2-3-12(7-15)25-13-5-6-19-16(8-13)22(11-29-21(24)26-22)17-9-14(27)10-18(23)20(17)30-19/h2-10,25,27H,11H2,1H3,(H2,24,26). The summed E-state index contributed by atoms with van der Waals surface area (Å²) in [6.45, 7) is 0.0632. The van der Waals surface area contributed by atoms with E-state index < -0.39 is 11.4 Å². The van der Waals surface area contributed by atoms with Crippen molar-refractivity contribution in [1.29, 1.82) is 0 Å². The van der Waals surface area contributed by atoms with Crippen LogP contribution in [0, 0.1) is 5.82 Å². The molecule has 1 atom stereocenters. The number of rotatable bonds is 3. The minimum absolute atomic E-state index is 0.00384. The fourth-order valence-corrected chi connectivity index (χ4v) is 3.84. The van der Waals surface area contributed by atoms with E-state index in [9.17, 15) is 9.50 Å². The number of phenols is 1. The highest BCUT2D eigenvalue weighted by molar-refractivity contribution is 5.77. The molecule has 2 heterocycles. The van der Waals surface area contributed by atoms with Crippen LogP contribution in [0.15, 0.2) is 59.6 Å². The van der Waals surface area contributed by atoms with Gasteiger partial charge in [-0.05, 0) is 36.4 Å². The number of halogens is 1. The summed E-state index contributed by atoms with van der Waals surface area (Å²) in [5.41, 5.74) is 7.29. The van der Waals surface area contributed by atoms with Gasteiger partial charge in [-0.1, -0.05) is 6.07 Å². The molecule has 1 spiro atoms. The molecule has 3 aromatic carbocycles. The number of methoxy groups -OCH3 is 1. The van der Waals surface area contributed by atoms with Crippen LogP contribution >= 0.6 is 0 Å². The van der Waals surface area contributed by atoms with E-state index in [-0.39, 0.29) is 24.1 Å². The molecule has 0 bridgehead atoms. The number of hydrogen-bond donors (Lipinski definition) is 3. The third-order valence-corrected chi connectivity index (χ3v) is 5.20. The summed E-state index contributed by atoms with van der Waals surface area (Å²) in [5, 5.41) is 13.3. The normalized spacial score (nSPS) is 18.7. The zero-order chi connectivity index (χ0) is 20.9. The topological polar surface area (TPSA) is 98.3 Å². The molecule has 2 aliphatic rings. The molecule has 2 aliphatic heterocycles. The van der Waals surface area contributed by atoms with E-state index in [1.807, 2.05) is 36.4 Å². The first kappa shape index (κ1) is 18.1. The van der Waals surface area contributed by atoms with Gasteiger partial charge in [-0.15, -0.1) is 0 Å². The molecule has 5 rings (SSSR count). The number of fused-ring (bicyclic) bond motifs is 4. The van der Waals surface area contributed by atoms with E-state index in [0.717, 1.165) is 23.2 Å². The van der Waals surface area contributed by atoms with Crippen LogP contribution in [0.4, 0.5) is 15.8 Å². The molecule has 0 fully saturated rings. The fraction of sp³-hybridized carbons (Fsp3) is 0.136. The van der Waals surface area contributed by atoms with Gasteiger partial charge in [-0.25, -0.2) is 9.38 Å². The number of amidine groups is 1. The Kier molecular flexibility index (Phi) is 3.95. The summed E-state index contributed by atoms with van der Waals surface area (Å²) < 4.78 is 31.1. The summed E-state index contributed by atoms with van der Waals surface area (Å²) in [7, 11) is 1.60. The zero-order valence-electron chi connectivity index (χ0n) is 16.0. The lowest BCUT2D eigenvalue weighted by Gasteiger charge is -2.33. The second-order valence-corrected chi connectivity index (χ2v) is 7.07. The van der Waals surface area contributed by atoms with Crippen molar-refractivity contribution >= 4 is 17.4 Å². The van der Waals surface area contributed by atoms with E-state index in [4.69, 9.17) is 19.9 Å². The second kappa shape index (κ2) is 6.55. The van der Waals surface area contributed by atoms with Gasteiger partial charge in [-0.2, -0.15) is 0 Å². The Morgan fingerprint density at radius 3 is 2.73 bits per heavy atom. The van der Waals surface area contributed by atoms with Crippen molar-refractivity contribution in [2.24, 2.45) is 10.7 Å². The van der Waals surface area contributed by atoms with Crippen LogP contribution in [0.5, 0.6) is 23.0 Å². The Balaban J connectivity index is 1.63. The summed E-state index contributed by atoms with van der Waals surface area (Å²) >= 11 is 0. The van der Waals surface area contributed by atoms with Gasteiger partial charge in [-0.3, -0.25) is 0 Å². The SMILES string of the molecule is COc1cccc(Nc2ccc3c(c2)C2(COC(N)=N2)c2cc(O)cc(F)c2O3)c1. The van der Waals surface area contributed by atoms with Crippen LogP contribution in [0.3, 0.4) is 0 Å². The smallest absolute Gasteiger partial charge is 0.283 e. The molecular weight excluding hydrogens is 389 g/mol. The van der Waals surface area contributed by atoms with E-state index in [2.05, 4.69) is 10.3 Å². The average molecular weight is 407 g/mol. The fourth-order valence-electron chi connectivity index (χ4n) is 3.84. The monoisotopic (exact) mass is 407 g/mol. The molecular formula is C22H18FN3O4. The minimum atomic E-state index is -1.13. The van der Waals surface area contributed by atoms with Crippen LogP contribution in [-0.2, 0) is 10.3 Å². The quantitative estimate of drug-likeness (QED) is 0.608. The number of aromatic hydroxyl groups is 1. The highest BCUT2D eigenvalue weighted by atomic mass is 19.1. The number of hydrogen-bond acceptors (Lipinski definition) is 7. The largest absolute Gasteiger partial charge is 0.508 e. The van der Waals surface area contributed by atoms with Gasteiger partial charge >= 0.3 is 0 Å². The highest BCUT2D eigenvalue weighted by Crippen LogP contribution is 2.53. The maximum absolute atomic E-state index is 14.6. The molecule has 152 valence electrons. The average Bonchev–Trinajstić information content (AvgIpc) is 3.12. The van der Waals surface area contributed by atoms with Gasteiger partial charge in [0.2, 0.25) is 0 Å². The maximum Gasteiger partial charge on any atom is 0.283 e. The summed E-state index contributed by atoms with van der Waals surface area (Å²) in [6, 6.07) is 15.3. The van der Waals surface area contributed by atoms with Crippen molar-refractivity contribution in [1.82, 2.24) is 0 Å². The second-order valence-electron chi connectivity index (χ2n) is 7.07. The Hall–Kier alpha value is -3.94. The number of anilines is 2. The van der Waals surface area contributed by atoms with Gasteiger partial charge in [0.25, 0.3) is 6.02 Å². The number of nitrogens with two attached hydrogens (primary N) is 1. The minimum Gasteiger partial charge on any atom is -0.508 e. The van der Waals surface area contributed by atoms with Gasteiger partial charge in [0.15, 0.2) is 17.1 Å². The number of ether oxygens (including phenoxy) is 3. The number of nitrogens with one attached hydrogen (secondary N) is 1. The van der Waals surface area contributed by atoms with Crippen molar-refractivity contribution in [3.8, 4) is 23.0 Å². The van der Waals surface area contributed by atoms with Crippen LogP contribution in [0.1, 0.15) is 11.1 Å². The Morgan fingerprint density at radius 2 is 1.97 bits per heavy atom. The van der Waals surface area contributed by atoms with Crippen LogP contribution < -0.4 is 20.5 Å². The third kappa shape index (κ3) is 2.76. The van der Waals surface area contributed by atoms with Crippen molar-refractivity contribution in [2.45, 2.75) is 5.54 Å². The highest BCUT2D eigenvalue weighted by Gasteiger charge is 2.48. The van der Waals surface area contributed by atoms with Crippen molar-refractivity contribution in [3.05, 3.63) is 71.5 Å². The molecule has 0 saturated heterocycles. The van der Waals surface area contributed by atoms with E-state index in [0.29, 0.717) is 16.9 Å². The maximum atomic E-state index is 14.6. The molecule has 4 N–H and O–H groups in total. The molecule has 0 aliphatic carbocycles. The van der Waals surface area contributed by atoms with Crippen LogP contribution in [0.2, 0.25) is 0 Å². The van der Waals surface area contributed by atoms with E-state index in [1.165, 1.54) is 6.07 Å². The first-order valence-electron chi connectivity index (χ1n) is 9.23. The lowest BCUT2D eigenvalue weighted by atomic mass is 9.81. The van der Waals surface area contributed by atoms with Crippen molar-refractivity contribution in [2.75, 3.05) is 19.0 Å². The number of aliphatic imine (C=N–C) groups is 1. The van der Waals surface area contributed by atoms with Crippen molar-refractivity contribution < 1.29 is 23.7 Å². The summed E-state index contributed by atoms with van der Waals surface area (Å²) in [5.74, 6) is 0.235. The van der Waals surface area contributed by atoms with Crippen molar-refractivity contribution in [3.63, 3.8) is 0 Å². The number of benzene rings is 3. The summed E-state index contributed by atoms with van der Waals surface area (Å²) in [6.07, 6.45) is 0. The first-order chi connectivity index (χ1) is 14.5. The molecule has 1 unspecified atom stereocenters. The lowest BCUT2D eigenvalue weighted by Crippen LogP contribution is -2.31. The van der Waals surface area contributed by atoms with Crippen LogP contribution in [0.25, 0.3) is 0 Å². The van der Waals surface area contributed by atoms with Gasteiger partial charge in [0.1, 0.15) is 23.9 Å². The molecule has 3 aromatic rings. The third-order valence-electron chi connectivity index (χ3n) is 5.20. The van der Waals surface area contributed by atoms with Gasteiger partial charge in [0, 0.05) is 34.6 Å². The van der Waals surface area contributed by atoms with E-state index in [1.54, 1.807) is 13.2 Å². The van der Waals surface area contributed by atoms with E-state index >= 15 is 0 Å². The number of phenolic OH excluding ortho intramolecular Hbond substituents is 1. The molecule has 30 heavy (non-hydrogen) atoms. The predicted octanol–water partition coefficient (Wildman–Crippen LogP) is 3.98.